The van der Waals surface area contributed by atoms with Crippen molar-refractivity contribution in [1.29, 1.82) is 0 Å². The molecule has 4 N–H and O–H groups in total. The quantitative estimate of drug-likeness (QED) is 0.422. The number of nitrogens with zero attached hydrogens (tertiary/aromatic N) is 5. The van der Waals surface area contributed by atoms with Crippen LogP contribution < -0.4 is 11.5 Å². The lowest BCUT2D eigenvalue weighted by atomic mass is 9.88. The second kappa shape index (κ2) is 9.93. The van der Waals surface area contributed by atoms with Crippen molar-refractivity contribution < 1.29 is 4.52 Å². The summed E-state index contributed by atoms with van der Waals surface area (Å²) in [6, 6.07) is 10.5. The number of rotatable bonds is 6. The maximum atomic E-state index is 5.59. The summed E-state index contributed by atoms with van der Waals surface area (Å²) in [6.07, 6.45) is 4.01. The monoisotopic (exact) mass is 461 g/mol. The Morgan fingerprint density at radius 1 is 1.12 bits per heavy atom. The number of piperidine rings is 1. The van der Waals surface area contributed by atoms with Crippen LogP contribution in [0.25, 0.3) is 11.3 Å². The van der Waals surface area contributed by atoms with Crippen LogP contribution in [0.1, 0.15) is 67.9 Å². The predicted octanol–water partition coefficient (Wildman–Crippen LogP) is 3.89. The van der Waals surface area contributed by atoms with E-state index in [4.69, 9.17) is 21.0 Å². The van der Waals surface area contributed by atoms with E-state index in [1.54, 1.807) is 0 Å². The minimum Gasteiger partial charge on any atom is -0.370 e. The van der Waals surface area contributed by atoms with Crippen molar-refractivity contribution >= 4 is 5.96 Å². The number of likely N-dealkylation sites (tertiary alicyclic amines) is 1. The summed E-state index contributed by atoms with van der Waals surface area (Å²) < 4.78 is 5.59. The maximum Gasteiger partial charge on any atom is 0.186 e. The van der Waals surface area contributed by atoms with Crippen LogP contribution in [0.3, 0.4) is 0 Å². The molecule has 0 spiro atoms. The van der Waals surface area contributed by atoms with Crippen LogP contribution in [0.15, 0.2) is 46.0 Å². The van der Waals surface area contributed by atoms with Gasteiger partial charge < -0.3 is 16.0 Å². The van der Waals surface area contributed by atoms with Crippen molar-refractivity contribution in [2.75, 3.05) is 13.1 Å². The van der Waals surface area contributed by atoms with E-state index in [0.717, 1.165) is 66.6 Å². The molecule has 1 fully saturated rings. The number of aliphatic imine (C=N–C) groups is 1. The van der Waals surface area contributed by atoms with E-state index in [-0.39, 0.29) is 11.4 Å². The van der Waals surface area contributed by atoms with Gasteiger partial charge in [-0.05, 0) is 44.0 Å². The zero-order chi connectivity index (χ0) is 24.3. The van der Waals surface area contributed by atoms with Gasteiger partial charge in [-0.3, -0.25) is 4.90 Å². The third-order valence-electron chi connectivity index (χ3n) is 6.23. The van der Waals surface area contributed by atoms with Crippen molar-refractivity contribution in [2.45, 2.75) is 65.0 Å². The standard InChI is InChI=1S/C26H35N7O/c1-17-13-22(34-32-17)21-15-29-24(26(2,3)4)31-23(21)20-9-11-33(12-10-20)16-19-7-5-18(6-8-19)14-30-25(27)28/h5-8,13,15,20H,9-12,14,16H2,1-4H3,(H4,27,28,30). The molecule has 3 heterocycles. The number of aryl methyl sites for hydroxylation is 1. The zero-order valence-electron chi connectivity index (χ0n) is 20.6. The van der Waals surface area contributed by atoms with Crippen LogP contribution in [0.5, 0.6) is 0 Å². The first-order valence-corrected chi connectivity index (χ1v) is 11.9. The maximum absolute atomic E-state index is 5.59. The topological polar surface area (TPSA) is 119 Å². The largest absolute Gasteiger partial charge is 0.370 e. The van der Waals surface area contributed by atoms with Crippen LogP contribution in [-0.2, 0) is 18.5 Å². The molecule has 0 aliphatic carbocycles. The highest BCUT2D eigenvalue weighted by atomic mass is 16.5. The van der Waals surface area contributed by atoms with E-state index in [0.29, 0.717) is 12.5 Å². The molecule has 0 unspecified atom stereocenters. The van der Waals surface area contributed by atoms with Crippen LogP contribution in [-0.4, -0.2) is 39.1 Å². The van der Waals surface area contributed by atoms with Crippen LogP contribution in [0, 0.1) is 6.92 Å². The molecule has 1 aliphatic heterocycles. The van der Waals surface area contributed by atoms with Crippen molar-refractivity contribution in [1.82, 2.24) is 20.0 Å². The van der Waals surface area contributed by atoms with Crippen molar-refractivity contribution in [2.24, 2.45) is 16.5 Å². The molecule has 180 valence electrons. The molecule has 8 nitrogen and oxygen atoms in total. The zero-order valence-corrected chi connectivity index (χ0v) is 20.6. The van der Waals surface area contributed by atoms with E-state index in [2.05, 4.69) is 65.1 Å². The number of nitrogens with two attached hydrogens (primary N) is 2. The van der Waals surface area contributed by atoms with Gasteiger partial charge in [0.25, 0.3) is 0 Å². The molecule has 2 aromatic heterocycles. The van der Waals surface area contributed by atoms with Crippen LogP contribution >= 0.6 is 0 Å². The average Bonchev–Trinajstić information content (AvgIpc) is 3.24. The van der Waals surface area contributed by atoms with Crippen molar-refractivity contribution in [3.05, 3.63) is 64.9 Å². The second-order valence-electron chi connectivity index (χ2n) is 10.2. The Balaban J connectivity index is 1.45. The summed E-state index contributed by atoms with van der Waals surface area (Å²) in [5.41, 5.74) is 16.0. The molecule has 0 atom stereocenters. The summed E-state index contributed by atoms with van der Waals surface area (Å²) in [4.78, 5) is 16.3. The summed E-state index contributed by atoms with van der Waals surface area (Å²) >= 11 is 0. The van der Waals surface area contributed by atoms with Crippen LogP contribution in [0.4, 0.5) is 0 Å². The van der Waals surface area contributed by atoms with Gasteiger partial charge in [-0.15, -0.1) is 0 Å². The number of benzene rings is 1. The first-order valence-electron chi connectivity index (χ1n) is 11.9. The number of hydrogen-bond donors (Lipinski definition) is 2. The highest BCUT2D eigenvalue weighted by molar-refractivity contribution is 5.75. The fourth-order valence-corrected chi connectivity index (χ4v) is 4.30. The minimum atomic E-state index is -0.112. The van der Waals surface area contributed by atoms with E-state index >= 15 is 0 Å². The lowest BCUT2D eigenvalue weighted by Gasteiger charge is -2.32. The molecule has 0 saturated carbocycles. The highest BCUT2D eigenvalue weighted by Gasteiger charge is 2.28. The summed E-state index contributed by atoms with van der Waals surface area (Å²) in [5.74, 6) is 2.09. The minimum absolute atomic E-state index is 0.112. The first-order chi connectivity index (χ1) is 16.2. The SMILES string of the molecule is Cc1cc(-c2cnc(C(C)(C)C)nc2C2CCN(Cc3ccc(CN=C(N)N)cc3)CC2)on1. The molecule has 0 radical (unpaired) electrons. The smallest absolute Gasteiger partial charge is 0.186 e. The van der Waals surface area contributed by atoms with Gasteiger partial charge in [-0.25, -0.2) is 15.0 Å². The Bertz CT molecular complexity index is 1130. The molecule has 1 aliphatic rings. The Hall–Kier alpha value is -3.26. The van der Waals surface area contributed by atoms with Gasteiger partial charge in [0.15, 0.2) is 11.7 Å². The summed E-state index contributed by atoms with van der Waals surface area (Å²) in [6.45, 7) is 11.9. The third-order valence-corrected chi connectivity index (χ3v) is 6.23. The van der Waals surface area contributed by atoms with Gasteiger partial charge in [0.1, 0.15) is 5.82 Å². The molecule has 34 heavy (non-hydrogen) atoms. The normalized spacial score (nSPS) is 15.4. The fourth-order valence-electron chi connectivity index (χ4n) is 4.30. The van der Waals surface area contributed by atoms with Gasteiger partial charge in [0, 0.05) is 30.1 Å². The third kappa shape index (κ3) is 5.80. The number of hydrogen-bond acceptors (Lipinski definition) is 6. The molecule has 1 saturated heterocycles. The second-order valence-corrected chi connectivity index (χ2v) is 10.2. The molecule has 3 aromatic rings. The molecule has 8 heteroatoms. The first kappa shape index (κ1) is 23.9. The molecule has 0 amide bonds. The Morgan fingerprint density at radius 2 is 1.79 bits per heavy atom. The van der Waals surface area contributed by atoms with Crippen molar-refractivity contribution in [3.63, 3.8) is 0 Å². The molecule has 0 bridgehead atoms. The van der Waals surface area contributed by atoms with E-state index < -0.39 is 0 Å². The Morgan fingerprint density at radius 3 is 2.38 bits per heavy atom. The summed E-state index contributed by atoms with van der Waals surface area (Å²) in [5, 5.41) is 4.08. The Labute approximate surface area is 201 Å². The molecular formula is C26H35N7O. The van der Waals surface area contributed by atoms with Gasteiger partial charge >= 0.3 is 0 Å². The van der Waals surface area contributed by atoms with E-state index in [1.165, 1.54) is 5.56 Å². The molecule has 4 rings (SSSR count). The van der Waals surface area contributed by atoms with Crippen molar-refractivity contribution in [3.8, 4) is 11.3 Å². The highest BCUT2D eigenvalue weighted by Crippen LogP contribution is 2.35. The molecular weight excluding hydrogens is 426 g/mol. The molecule has 1 aromatic carbocycles. The van der Waals surface area contributed by atoms with Gasteiger partial charge in [-0.1, -0.05) is 50.2 Å². The lowest BCUT2D eigenvalue weighted by Crippen LogP contribution is -2.33. The fraction of sp³-hybridized carbons (Fsp3) is 0.462. The average molecular weight is 462 g/mol. The van der Waals surface area contributed by atoms with Gasteiger partial charge in [0.05, 0.1) is 23.5 Å². The number of aromatic nitrogens is 3. The van der Waals surface area contributed by atoms with E-state index in [1.807, 2.05) is 19.2 Å². The number of guanidine groups is 1. The Kier molecular flexibility index (Phi) is 6.97. The van der Waals surface area contributed by atoms with Gasteiger partial charge in [0.2, 0.25) is 0 Å². The van der Waals surface area contributed by atoms with Crippen LogP contribution in [0.2, 0.25) is 0 Å². The predicted molar refractivity (Wildman–Crippen MR) is 134 cm³/mol. The summed E-state index contributed by atoms with van der Waals surface area (Å²) in [7, 11) is 0. The lowest BCUT2D eigenvalue weighted by molar-refractivity contribution is 0.203. The van der Waals surface area contributed by atoms with E-state index in [9.17, 15) is 0 Å². The van der Waals surface area contributed by atoms with Gasteiger partial charge in [-0.2, -0.15) is 0 Å².